The van der Waals surface area contributed by atoms with Crippen LogP contribution < -0.4 is 10.2 Å². The highest BCUT2D eigenvalue weighted by Gasteiger charge is 2.27. The molecule has 0 aliphatic carbocycles. The minimum atomic E-state index is -0.408. The smallest absolute Gasteiger partial charge is 0.324 e. The van der Waals surface area contributed by atoms with Gasteiger partial charge in [0.1, 0.15) is 17.6 Å². The number of halogens is 2. The van der Waals surface area contributed by atoms with Gasteiger partial charge in [-0.1, -0.05) is 11.6 Å². The number of esters is 1. The number of hydrogen-bond acceptors (Lipinski definition) is 7. The van der Waals surface area contributed by atoms with Crippen LogP contribution in [0.15, 0.2) is 48.9 Å². The number of aromatic amines is 1. The molecular weight excluding hydrogens is 459 g/mol. The molecule has 1 saturated heterocycles. The van der Waals surface area contributed by atoms with Crippen molar-refractivity contribution in [3.05, 3.63) is 59.8 Å². The SMILES string of the molecule is CCOC(=O)[C@H]1CN(c2cnc3ccc(-c4nc[nH]c4-c4cc(Cl)ccc4F)nc3c2)CCN1. The number of fused-ring (bicyclic) bond motifs is 1. The first kappa shape index (κ1) is 22.2. The topological polar surface area (TPSA) is 96.0 Å². The second kappa shape index (κ2) is 9.36. The molecule has 2 N–H and O–H groups in total. The lowest BCUT2D eigenvalue weighted by atomic mass is 10.1. The number of H-pyrrole nitrogens is 1. The fourth-order valence-corrected chi connectivity index (χ4v) is 4.24. The number of anilines is 1. The predicted octanol–water partition coefficient (Wildman–Crippen LogP) is 3.82. The van der Waals surface area contributed by atoms with Gasteiger partial charge in [0.05, 0.1) is 47.2 Å². The number of hydrogen-bond donors (Lipinski definition) is 2. The quantitative estimate of drug-likeness (QED) is 0.419. The minimum Gasteiger partial charge on any atom is -0.465 e. The van der Waals surface area contributed by atoms with Gasteiger partial charge in [0.15, 0.2) is 0 Å². The largest absolute Gasteiger partial charge is 0.465 e. The van der Waals surface area contributed by atoms with Gasteiger partial charge in [-0.2, -0.15) is 0 Å². The van der Waals surface area contributed by atoms with E-state index in [4.69, 9.17) is 21.3 Å². The predicted molar refractivity (Wildman–Crippen MR) is 128 cm³/mol. The normalized spacial score (nSPS) is 16.1. The van der Waals surface area contributed by atoms with E-state index in [1.807, 2.05) is 12.1 Å². The third-order valence-electron chi connectivity index (χ3n) is 5.71. The van der Waals surface area contributed by atoms with Crippen molar-refractivity contribution in [2.24, 2.45) is 0 Å². The Hall–Kier alpha value is -3.56. The first-order valence-electron chi connectivity index (χ1n) is 10.9. The number of nitrogens with one attached hydrogen (secondary N) is 2. The van der Waals surface area contributed by atoms with Gasteiger partial charge >= 0.3 is 5.97 Å². The number of carbonyl (C=O) groups is 1. The number of benzene rings is 1. The van der Waals surface area contributed by atoms with Gasteiger partial charge < -0.3 is 19.9 Å². The molecule has 4 aromatic rings. The minimum absolute atomic E-state index is 0.263. The molecule has 0 unspecified atom stereocenters. The van der Waals surface area contributed by atoms with E-state index in [0.717, 1.165) is 17.7 Å². The first-order chi connectivity index (χ1) is 16.5. The van der Waals surface area contributed by atoms with E-state index in [1.54, 1.807) is 25.3 Å². The Bertz CT molecular complexity index is 1360. The van der Waals surface area contributed by atoms with Crippen LogP contribution in [0.25, 0.3) is 33.7 Å². The van der Waals surface area contributed by atoms with Crippen molar-refractivity contribution in [3.8, 4) is 22.6 Å². The average Bonchev–Trinajstić information content (AvgIpc) is 3.35. The Kier molecular flexibility index (Phi) is 6.12. The molecule has 1 fully saturated rings. The lowest BCUT2D eigenvalue weighted by Gasteiger charge is -2.33. The molecule has 5 rings (SSSR count). The molecule has 1 aliphatic rings. The molecule has 174 valence electrons. The van der Waals surface area contributed by atoms with Crippen LogP contribution in [0.3, 0.4) is 0 Å². The molecule has 0 bridgehead atoms. The zero-order chi connectivity index (χ0) is 23.7. The summed E-state index contributed by atoms with van der Waals surface area (Å²) < 4.78 is 19.7. The first-order valence-corrected chi connectivity index (χ1v) is 11.3. The summed E-state index contributed by atoms with van der Waals surface area (Å²) in [5.41, 5.74) is 4.15. The van der Waals surface area contributed by atoms with Crippen molar-refractivity contribution in [2.75, 3.05) is 31.1 Å². The van der Waals surface area contributed by atoms with Gasteiger partial charge in [0.2, 0.25) is 0 Å². The summed E-state index contributed by atoms with van der Waals surface area (Å²) in [6.07, 6.45) is 3.28. The molecule has 1 aliphatic heterocycles. The third kappa shape index (κ3) is 4.32. The summed E-state index contributed by atoms with van der Waals surface area (Å²) in [7, 11) is 0. The molecule has 8 nitrogen and oxygen atoms in total. The zero-order valence-electron chi connectivity index (χ0n) is 18.4. The third-order valence-corrected chi connectivity index (χ3v) is 5.95. The van der Waals surface area contributed by atoms with Gasteiger partial charge in [-0.3, -0.25) is 9.78 Å². The van der Waals surface area contributed by atoms with Gasteiger partial charge in [-0.25, -0.2) is 14.4 Å². The van der Waals surface area contributed by atoms with Crippen molar-refractivity contribution in [1.29, 1.82) is 0 Å². The molecule has 1 aromatic carbocycles. The van der Waals surface area contributed by atoms with Crippen molar-refractivity contribution in [3.63, 3.8) is 0 Å². The average molecular weight is 481 g/mol. The second-order valence-corrected chi connectivity index (χ2v) is 8.32. The number of carbonyl (C=O) groups excluding carboxylic acids is 1. The Morgan fingerprint density at radius 2 is 2.12 bits per heavy atom. The van der Waals surface area contributed by atoms with E-state index < -0.39 is 11.9 Å². The number of rotatable bonds is 5. The Morgan fingerprint density at radius 1 is 1.24 bits per heavy atom. The fourth-order valence-electron chi connectivity index (χ4n) is 4.07. The summed E-state index contributed by atoms with van der Waals surface area (Å²) >= 11 is 6.09. The van der Waals surface area contributed by atoms with Crippen LogP contribution in [0.2, 0.25) is 5.02 Å². The van der Waals surface area contributed by atoms with Gasteiger partial charge in [-0.15, -0.1) is 0 Å². The summed E-state index contributed by atoms with van der Waals surface area (Å²) in [4.78, 5) is 30.9. The molecule has 34 heavy (non-hydrogen) atoms. The molecule has 10 heteroatoms. The Labute approximate surface area is 200 Å². The van der Waals surface area contributed by atoms with E-state index in [2.05, 4.69) is 25.2 Å². The number of nitrogens with zero attached hydrogens (tertiary/aromatic N) is 4. The van der Waals surface area contributed by atoms with Crippen LogP contribution in [-0.2, 0) is 9.53 Å². The molecule has 3 aromatic heterocycles. The van der Waals surface area contributed by atoms with Crippen LogP contribution >= 0.6 is 11.6 Å². The van der Waals surface area contributed by atoms with E-state index in [1.165, 1.54) is 18.5 Å². The van der Waals surface area contributed by atoms with Crippen molar-refractivity contribution in [2.45, 2.75) is 13.0 Å². The van der Waals surface area contributed by atoms with Crippen molar-refractivity contribution < 1.29 is 13.9 Å². The highest BCUT2D eigenvalue weighted by Crippen LogP contribution is 2.32. The molecule has 0 spiro atoms. The molecule has 0 amide bonds. The van der Waals surface area contributed by atoms with Gasteiger partial charge in [0, 0.05) is 30.2 Å². The van der Waals surface area contributed by atoms with Crippen LogP contribution in [0.5, 0.6) is 0 Å². The highest BCUT2D eigenvalue weighted by molar-refractivity contribution is 6.30. The lowest BCUT2D eigenvalue weighted by Crippen LogP contribution is -2.54. The Morgan fingerprint density at radius 3 is 2.97 bits per heavy atom. The number of aromatic nitrogens is 4. The van der Waals surface area contributed by atoms with Crippen molar-refractivity contribution in [1.82, 2.24) is 25.3 Å². The molecule has 4 heterocycles. The lowest BCUT2D eigenvalue weighted by molar-refractivity contribution is -0.145. The highest BCUT2D eigenvalue weighted by atomic mass is 35.5. The number of imidazole rings is 1. The summed E-state index contributed by atoms with van der Waals surface area (Å²) in [5, 5.41) is 3.62. The summed E-state index contributed by atoms with van der Waals surface area (Å²) in [5.74, 6) is -0.671. The molecule has 0 saturated carbocycles. The van der Waals surface area contributed by atoms with E-state index >= 15 is 0 Å². The maximum Gasteiger partial charge on any atom is 0.324 e. The van der Waals surface area contributed by atoms with Gasteiger partial charge in [0.25, 0.3) is 0 Å². The monoisotopic (exact) mass is 480 g/mol. The van der Waals surface area contributed by atoms with Crippen LogP contribution in [-0.4, -0.2) is 58.2 Å². The van der Waals surface area contributed by atoms with E-state index in [-0.39, 0.29) is 5.97 Å². The molecular formula is C24H22ClFN6O2. The molecule has 0 radical (unpaired) electrons. The van der Waals surface area contributed by atoms with E-state index in [9.17, 15) is 9.18 Å². The van der Waals surface area contributed by atoms with Crippen LogP contribution in [0.4, 0.5) is 10.1 Å². The van der Waals surface area contributed by atoms with Crippen LogP contribution in [0, 0.1) is 5.82 Å². The zero-order valence-corrected chi connectivity index (χ0v) is 19.1. The number of piperazine rings is 1. The standard InChI is InChI=1S/C24H22ClFN6O2/c1-2-34-24(33)21-12-32(8-7-27-21)15-10-20-18(28-11-15)5-6-19(31-20)23-22(29-13-30-23)16-9-14(25)3-4-17(16)26/h3-6,9-11,13,21,27H,2,7-8,12H2,1H3,(H,29,30)/t21-/m1/s1. The number of pyridine rings is 2. The van der Waals surface area contributed by atoms with E-state index in [0.29, 0.717) is 52.9 Å². The van der Waals surface area contributed by atoms with Crippen molar-refractivity contribution >= 4 is 34.3 Å². The van der Waals surface area contributed by atoms with Crippen LogP contribution in [0.1, 0.15) is 6.92 Å². The molecule has 1 atom stereocenters. The second-order valence-electron chi connectivity index (χ2n) is 7.88. The fraction of sp³-hybridized carbons (Fsp3) is 0.250. The summed E-state index contributed by atoms with van der Waals surface area (Å²) in [6, 6.07) is 9.57. The summed E-state index contributed by atoms with van der Waals surface area (Å²) in [6.45, 7) is 3.98. The maximum atomic E-state index is 14.5. The Balaban J connectivity index is 1.48. The maximum absolute atomic E-state index is 14.5. The number of ether oxygens (including phenoxy) is 1. The van der Waals surface area contributed by atoms with Gasteiger partial charge in [-0.05, 0) is 43.3 Å².